The molecule has 2 saturated heterocycles. The molecule has 4 rings (SSSR count). The van der Waals surface area contributed by atoms with Gasteiger partial charge in [-0.15, -0.1) is 0 Å². The van der Waals surface area contributed by atoms with Crippen LogP contribution in [0.15, 0.2) is 41.3 Å². The lowest BCUT2D eigenvalue weighted by Crippen LogP contribution is -2.43. The molecule has 0 unspecified atom stereocenters. The number of carbonyl (C=O) groups is 5. The molecule has 0 saturated carbocycles. The Kier molecular flexibility index (Phi) is 10.4. The fraction of sp³-hybridized carbons (Fsp3) is 0.321. The monoisotopic (exact) mass is 617 g/mol. The lowest BCUT2D eigenvalue weighted by Gasteiger charge is -2.26. The van der Waals surface area contributed by atoms with Crippen LogP contribution >= 0.6 is 23.4 Å². The summed E-state index contributed by atoms with van der Waals surface area (Å²) in [7, 11) is 1.20. The van der Waals surface area contributed by atoms with Gasteiger partial charge in [-0.25, -0.2) is 4.79 Å². The fourth-order valence-corrected chi connectivity index (χ4v) is 5.08. The van der Waals surface area contributed by atoms with Crippen molar-refractivity contribution in [2.75, 3.05) is 58.5 Å². The number of nitrogens with zero attached hydrogens (tertiary/aromatic N) is 2. The number of hydrogen-bond acceptors (Lipinski definition) is 10. The first-order valence-electron chi connectivity index (χ1n) is 12.9. The molecule has 12 nitrogen and oxygen atoms in total. The third-order valence-corrected chi connectivity index (χ3v) is 7.35. The molecule has 2 aliphatic rings. The summed E-state index contributed by atoms with van der Waals surface area (Å²) in [4.78, 5) is 65.1. The van der Waals surface area contributed by atoms with Crippen molar-refractivity contribution in [1.82, 2.24) is 9.80 Å². The van der Waals surface area contributed by atoms with E-state index < -0.39 is 29.6 Å². The minimum Gasteiger partial charge on any atom is -0.490 e. The Morgan fingerprint density at radius 2 is 1.83 bits per heavy atom. The van der Waals surface area contributed by atoms with Crippen molar-refractivity contribution in [2.45, 2.75) is 6.92 Å². The lowest BCUT2D eigenvalue weighted by atomic mass is 10.2. The second kappa shape index (κ2) is 14.2. The van der Waals surface area contributed by atoms with Gasteiger partial charge in [-0.2, -0.15) is 0 Å². The highest BCUT2D eigenvalue weighted by Crippen LogP contribution is 2.35. The van der Waals surface area contributed by atoms with Gasteiger partial charge >= 0.3 is 5.97 Å². The average molecular weight is 618 g/mol. The Bertz CT molecular complexity index is 1430. The maximum absolute atomic E-state index is 13.0. The van der Waals surface area contributed by atoms with Crippen LogP contribution in [-0.2, 0) is 23.9 Å². The van der Waals surface area contributed by atoms with E-state index in [4.69, 9.17) is 25.8 Å². The van der Waals surface area contributed by atoms with E-state index in [-0.39, 0.29) is 33.7 Å². The molecular formula is C28H28ClN3O9S. The summed E-state index contributed by atoms with van der Waals surface area (Å²) < 4.78 is 21.3. The van der Waals surface area contributed by atoms with Gasteiger partial charge in [-0.05, 0) is 60.7 Å². The Hall–Kier alpha value is -4.07. The molecule has 14 heteroatoms. The van der Waals surface area contributed by atoms with Crippen LogP contribution < -0.4 is 14.8 Å². The predicted molar refractivity (Wildman–Crippen MR) is 155 cm³/mol. The molecule has 0 aliphatic carbocycles. The maximum Gasteiger partial charge on any atom is 0.339 e. The molecule has 1 N–H and O–H groups in total. The summed E-state index contributed by atoms with van der Waals surface area (Å²) >= 11 is 6.70. The predicted octanol–water partition coefficient (Wildman–Crippen LogP) is 3.44. The number of amides is 4. The molecule has 2 heterocycles. The number of halogens is 1. The van der Waals surface area contributed by atoms with E-state index in [1.54, 1.807) is 30.0 Å². The van der Waals surface area contributed by atoms with Crippen molar-refractivity contribution in [2.24, 2.45) is 0 Å². The molecule has 2 aromatic carbocycles. The smallest absolute Gasteiger partial charge is 0.339 e. The van der Waals surface area contributed by atoms with E-state index in [0.717, 1.165) is 4.90 Å². The van der Waals surface area contributed by atoms with Crippen LogP contribution in [0.2, 0.25) is 5.02 Å². The third kappa shape index (κ3) is 7.60. The van der Waals surface area contributed by atoms with E-state index in [1.807, 2.05) is 0 Å². The third-order valence-electron chi connectivity index (χ3n) is 6.11. The van der Waals surface area contributed by atoms with Gasteiger partial charge in [-0.3, -0.25) is 24.1 Å². The zero-order valence-corrected chi connectivity index (χ0v) is 24.4. The van der Waals surface area contributed by atoms with Crippen LogP contribution in [0.1, 0.15) is 22.8 Å². The number of nitrogens with one attached hydrogen (secondary N) is 1. The van der Waals surface area contributed by atoms with Crippen LogP contribution in [-0.4, -0.2) is 91.9 Å². The van der Waals surface area contributed by atoms with Crippen LogP contribution in [0.4, 0.5) is 10.5 Å². The first kappa shape index (κ1) is 30.9. The molecule has 0 spiro atoms. The SMILES string of the molecule is CCOc1cc(/C=C2\SC(=O)N(CC(=O)Nc3ccc(Cl)c(C(=O)OC)c3)C2=O)ccc1OCC(=O)N1CCOCC1. The number of thioether (sulfide) groups is 1. The minimum absolute atomic E-state index is 0.0533. The van der Waals surface area contributed by atoms with Crippen molar-refractivity contribution in [3.05, 3.63) is 57.5 Å². The summed E-state index contributed by atoms with van der Waals surface area (Å²) in [6.45, 7) is 3.42. The molecule has 0 aromatic heterocycles. The van der Waals surface area contributed by atoms with Gasteiger partial charge in [0.1, 0.15) is 6.54 Å². The summed E-state index contributed by atoms with van der Waals surface area (Å²) in [6.07, 6.45) is 1.51. The zero-order valence-electron chi connectivity index (χ0n) is 22.8. The summed E-state index contributed by atoms with van der Waals surface area (Å²) in [6, 6.07) is 9.15. The number of ether oxygens (including phenoxy) is 4. The molecule has 2 fully saturated rings. The summed E-state index contributed by atoms with van der Waals surface area (Å²) in [5.74, 6) is -1.40. The fourth-order valence-electron chi connectivity index (χ4n) is 4.05. The van der Waals surface area contributed by atoms with Gasteiger partial charge in [-0.1, -0.05) is 17.7 Å². The average Bonchev–Trinajstić information content (AvgIpc) is 3.24. The highest BCUT2D eigenvalue weighted by atomic mass is 35.5. The van der Waals surface area contributed by atoms with Crippen LogP contribution in [0.25, 0.3) is 6.08 Å². The van der Waals surface area contributed by atoms with Gasteiger partial charge < -0.3 is 29.2 Å². The number of anilines is 1. The van der Waals surface area contributed by atoms with Crippen LogP contribution in [0.3, 0.4) is 0 Å². The number of methoxy groups -OCH3 is 1. The molecule has 222 valence electrons. The quantitative estimate of drug-likeness (QED) is 0.311. The van der Waals surface area contributed by atoms with Crippen molar-refractivity contribution in [1.29, 1.82) is 0 Å². The highest BCUT2D eigenvalue weighted by Gasteiger charge is 2.36. The first-order chi connectivity index (χ1) is 20.2. The van der Waals surface area contributed by atoms with Crippen molar-refractivity contribution in [3.63, 3.8) is 0 Å². The Balaban J connectivity index is 1.41. The van der Waals surface area contributed by atoms with E-state index in [1.165, 1.54) is 31.4 Å². The normalized spacial score (nSPS) is 16.0. The number of hydrogen-bond donors (Lipinski definition) is 1. The van der Waals surface area contributed by atoms with E-state index in [0.29, 0.717) is 61.7 Å². The van der Waals surface area contributed by atoms with E-state index in [9.17, 15) is 24.0 Å². The van der Waals surface area contributed by atoms with Gasteiger partial charge in [0, 0.05) is 18.8 Å². The standard InChI is InChI=1S/C28H28ClN3O9S/c1-3-40-22-12-17(4-7-21(22)41-16-25(34)31-8-10-39-11-9-31)13-23-26(35)32(28(37)42-23)15-24(33)30-18-5-6-20(29)19(14-18)27(36)38-2/h4-7,12-14H,3,8-11,15-16H2,1-2H3,(H,30,33)/b23-13-. The minimum atomic E-state index is -0.680. The largest absolute Gasteiger partial charge is 0.490 e. The second-order valence-electron chi connectivity index (χ2n) is 8.92. The Morgan fingerprint density at radius 3 is 2.55 bits per heavy atom. The van der Waals surface area contributed by atoms with Gasteiger partial charge in [0.25, 0.3) is 17.1 Å². The molecule has 42 heavy (non-hydrogen) atoms. The lowest BCUT2D eigenvalue weighted by molar-refractivity contribution is -0.137. The van der Waals surface area contributed by atoms with Crippen LogP contribution in [0.5, 0.6) is 11.5 Å². The van der Waals surface area contributed by atoms with Crippen molar-refractivity contribution < 1.29 is 42.9 Å². The topological polar surface area (TPSA) is 141 Å². The van der Waals surface area contributed by atoms with Crippen LogP contribution in [0, 0.1) is 0 Å². The molecule has 0 atom stereocenters. The number of carbonyl (C=O) groups excluding carboxylic acids is 5. The molecule has 0 radical (unpaired) electrons. The first-order valence-corrected chi connectivity index (χ1v) is 14.1. The molecule has 2 aliphatic heterocycles. The molecular weight excluding hydrogens is 590 g/mol. The van der Waals surface area contributed by atoms with Crippen molar-refractivity contribution >= 4 is 64.1 Å². The Labute approximate surface area is 250 Å². The van der Waals surface area contributed by atoms with Crippen molar-refractivity contribution in [3.8, 4) is 11.5 Å². The van der Waals surface area contributed by atoms with Gasteiger partial charge in [0.15, 0.2) is 18.1 Å². The number of benzene rings is 2. The second-order valence-corrected chi connectivity index (χ2v) is 10.3. The van der Waals surface area contributed by atoms with Gasteiger partial charge in [0.2, 0.25) is 5.91 Å². The summed E-state index contributed by atoms with van der Waals surface area (Å²) in [5.41, 5.74) is 0.846. The number of rotatable bonds is 10. The maximum atomic E-state index is 13.0. The molecule has 4 amide bonds. The van der Waals surface area contributed by atoms with Gasteiger partial charge in [0.05, 0.1) is 42.4 Å². The zero-order chi connectivity index (χ0) is 30.2. The Morgan fingerprint density at radius 1 is 1.07 bits per heavy atom. The highest BCUT2D eigenvalue weighted by molar-refractivity contribution is 8.18. The summed E-state index contributed by atoms with van der Waals surface area (Å²) in [5, 5.41) is 2.08. The van der Waals surface area contributed by atoms with E-state index >= 15 is 0 Å². The number of imide groups is 1. The number of esters is 1. The molecule has 2 aromatic rings. The van der Waals surface area contributed by atoms with E-state index in [2.05, 4.69) is 10.1 Å². The molecule has 0 bridgehead atoms. The number of morpholine rings is 1.